The third-order valence-electron chi connectivity index (χ3n) is 4.59. The highest BCUT2D eigenvalue weighted by Gasteiger charge is 2.47. The van der Waals surface area contributed by atoms with Gasteiger partial charge in [0.1, 0.15) is 11.6 Å². The topological polar surface area (TPSA) is 49.7 Å². The van der Waals surface area contributed by atoms with Crippen LogP contribution in [0.3, 0.4) is 0 Å². The molecule has 2 aliphatic heterocycles. The largest absolute Gasteiger partial charge is 0.312 e. The summed E-state index contributed by atoms with van der Waals surface area (Å²) in [4.78, 5) is 6.22. The van der Waals surface area contributed by atoms with E-state index in [4.69, 9.17) is 11.6 Å². The standard InChI is InChI=1S/C18H15ClF2N2O2S2/c19-13-7-12(20)6-5-11(13)8-26-18-22-15-9-27(24,25)10-17(15)23(18)16-4-2-1-3-14(16)21/h1-7,15,17H,8-10H2. The van der Waals surface area contributed by atoms with Crippen molar-refractivity contribution in [2.24, 2.45) is 4.99 Å². The maximum Gasteiger partial charge on any atom is 0.164 e. The van der Waals surface area contributed by atoms with Crippen LogP contribution in [0.15, 0.2) is 47.5 Å². The number of rotatable bonds is 3. The Labute approximate surface area is 165 Å². The number of anilines is 1. The molecule has 1 saturated heterocycles. The van der Waals surface area contributed by atoms with Gasteiger partial charge in [0.2, 0.25) is 0 Å². The van der Waals surface area contributed by atoms with Crippen LogP contribution in [0.1, 0.15) is 5.56 Å². The number of hydrogen-bond donors (Lipinski definition) is 0. The van der Waals surface area contributed by atoms with Crippen LogP contribution in [-0.4, -0.2) is 37.2 Å². The molecule has 27 heavy (non-hydrogen) atoms. The summed E-state index contributed by atoms with van der Waals surface area (Å²) in [6, 6.07) is 9.57. The van der Waals surface area contributed by atoms with Crippen LogP contribution in [-0.2, 0) is 15.6 Å². The van der Waals surface area contributed by atoms with Gasteiger partial charge >= 0.3 is 0 Å². The molecule has 2 aliphatic rings. The van der Waals surface area contributed by atoms with Gasteiger partial charge in [-0.3, -0.25) is 4.99 Å². The van der Waals surface area contributed by atoms with Gasteiger partial charge in [-0.05, 0) is 29.8 Å². The van der Waals surface area contributed by atoms with E-state index in [1.807, 2.05) is 0 Å². The van der Waals surface area contributed by atoms with Crippen LogP contribution in [0.2, 0.25) is 5.02 Å². The zero-order valence-electron chi connectivity index (χ0n) is 14.0. The Balaban J connectivity index is 1.64. The molecule has 2 aromatic rings. The predicted octanol–water partition coefficient (Wildman–Crippen LogP) is 3.89. The Morgan fingerprint density at radius 1 is 1.19 bits per heavy atom. The normalized spacial score (nSPS) is 23.4. The third kappa shape index (κ3) is 3.70. The molecule has 0 N–H and O–H groups in total. The number of sulfone groups is 1. The minimum Gasteiger partial charge on any atom is -0.312 e. The SMILES string of the molecule is O=S1(=O)CC2N=C(SCc3ccc(F)cc3Cl)N(c3ccccc3F)C2C1. The van der Waals surface area contributed by atoms with Gasteiger partial charge in [0.15, 0.2) is 15.0 Å². The fourth-order valence-corrected chi connectivity index (χ4v) is 6.62. The molecule has 0 spiro atoms. The summed E-state index contributed by atoms with van der Waals surface area (Å²) in [6.45, 7) is 0. The first kappa shape index (κ1) is 18.7. The molecule has 2 heterocycles. The molecule has 2 aromatic carbocycles. The Morgan fingerprint density at radius 3 is 2.70 bits per heavy atom. The van der Waals surface area contributed by atoms with Crippen LogP contribution in [0.25, 0.3) is 0 Å². The zero-order chi connectivity index (χ0) is 19.2. The van der Waals surface area contributed by atoms with Crippen molar-refractivity contribution in [1.29, 1.82) is 0 Å². The first-order valence-electron chi connectivity index (χ1n) is 8.23. The van der Waals surface area contributed by atoms with Gasteiger partial charge in [0.25, 0.3) is 0 Å². The lowest BCUT2D eigenvalue weighted by Gasteiger charge is -2.26. The fraction of sp³-hybridized carbons (Fsp3) is 0.278. The molecule has 0 saturated carbocycles. The number of aliphatic imine (C=N–C) groups is 1. The lowest BCUT2D eigenvalue weighted by Crippen LogP contribution is -2.39. The number of fused-ring (bicyclic) bond motifs is 1. The number of nitrogens with zero attached hydrogens (tertiary/aromatic N) is 2. The molecule has 142 valence electrons. The van der Waals surface area contributed by atoms with Crippen molar-refractivity contribution in [3.63, 3.8) is 0 Å². The minimum absolute atomic E-state index is 0.0377. The maximum absolute atomic E-state index is 14.4. The number of amidine groups is 1. The van der Waals surface area contributed by atoms with E-state index < -0.39 is 33.6 Å². The average Bonchev–Trinajstić information content (AvgIpc) is 3.06. The number of thioether (sulfide) groups is 1. The van der Waals surface area contributed by atoms with Gasteiger partial charge in [-0.25, -0.2) is 17.2 Å². The number of para-hydroxylation sites is 1. The van der Waals surface area contributed by atoms with Crippen LogP contribution in [0.4, 0.5) is 14.5 Å². The lowest BCUT2D eigenvalue weighted by molar-refractivity contribution is 0.600. The van der Waals surface area contributed by atoms with Crippen molar-refractivity contribution in [3.8, 4) is 0 Å². The molecule has 0 amide bonds. The molecular weight excluding hydrogens is 414 g/mol. The Kier molecular flexibility index (Phi) is 4.90. The second kappa shape index (κ2) is 7.07. The summed E-state index contributed by atoms with van der Waals surface area (Å²) in [5, 5.41) is 0.853. The van der Waals surface area contributed by atoms with E-state index in [2.05, 4.69) is 4.99 Å². The highest BCUT2D eigenvalue weighted by molar-refractivity contribution is 8.13. The first-order chi connectivity index (χ1) is 12.8. The molecule has 0 bridgehead atoms. The second-order valence-corrected chi connectivity index (χ2v) is 9.97. The highest BCUT2D eigenvalue weighted by atomic mass is 35.5. The van der Waals surface area contributed by atoms with E-state index in [9.17, 15) is 17.2 Å². The average molecular weight is 429 g/mol. The molecule has 4 rings (SSSR count). The van der Waals surface area contributed by atoms with Crippen molar-refractivity contribution in [2.45, 2.75) is 17.8 Å². The molecule has 9 heteroatoms. The molecule has 0 radical (unpaired) electrons. The van der Waals surface area contributed by atoms with Crippen molar-refractivity contribution in [2.75, 3.05) is 16.4 Å². The Hall–Kier alpha value is -1.64. The predicted molar refractivity (Wildman–Crippen MR) is 105 cm³/mol. The third-order valence-corrected chi connectivity index (χ3v) is 7.66. The Morgan fingerprint density at radius 2 is 1.96 bits per heavy atom. The molecule has 2 atom stereocenters. The molecule has 2 unspecified atom stereocenters. The molecule has 0 aliphatic carbocycles. The van der Waals surface area contributed by atoms with E-state index in [1.54, 1.807) is 29.2 Å². The van der Waals surface area contributed by atoms with Crippen molar-refractivity contribution in [1.82, 2.24) is 0 Å². The summed E-state index contributed by atoms with van der Waals surface area (Å²) < 4.78 is 51.7. The summed E-state index contributed by atoms with van der Waals surface area (Å²) in [5.41, 5.74) is 1.03. The fourth-order valence-electron chi connectivity index (χ4n) is 3.34. The molecule has 4 nitrogen and oxygen atoms in total. The monoisotopic (exact) mass is 428 g/mol. The van der Waals surface area contributed by atoms with Crippen molar-refractivity contribution < 1.29 is 17.2 Å². The number of hydrogen-bond acceptors (Lipinski definition) is 5. The van der Waals surface area contributed by atoms with Gasteiger partial charge in [0, 0.05) is 10.8 Å². The van der Waals surface area contributed by atoms with E-state index >= 15 is 0 Å². The number of benzene rings is 2. The van der Waals surface area contributed by atoms with Gasteiger partial charge in [-0.1, -0.05) is 41.6 Å². The van der Waals surface area contributed by atoms with Crippen LogP contribution in [0, 0.1) is 11.6 Å². The van der Waals surface area contributed by atoms with E-state index in [0.717, 1.165) is 5.56 Å². The smallest absolute Gasteiger partial charge is 0.164 e. The first-order valence-corrected chi connectivity index (χ1v) is 11.4. The van der Waals surface area contributed by atoms with Gasteiger partial charge in [0.05, 0.1) is 29.3 Å². The van der Waals surface area contributed by atoms with Gasteiger partial charge in [-0.15, -0.1) is 0 Å². The van der Waals surface area contributed by atoms with E-state index in [-0.39, 0.29) is 11.5 Å². The quantitative estimate of drug-likeness (QED) is 0.744. The minimum atomic E-state index is -3.20. The van der Waals surface area contributed by atoms with E-state index in [1.165, 1.54) is 30.0 Å². The van der Waals surface area contributed by atoms with Crippen molar-refractivity contribution in [3.05, 3.63) is 64.7 Å². The van der Waals surface area contributed by atoms with Crippen LogP contribution < -0.4 is 4.90 Å². The highest BCUT2D eigenvalue weighted by Crippen LogP contribution is 2.37. The zero-order valence-corrected chi connectivity index (χ0v) is 16.4. The van der Waals surface area contributed by atoms with Gasteiger partial charge < -0.3 is 4.90 Å². The molecule has 1 fully saturated rings. The van der Waals surface area contributed by atoms with Crippen LogP contribution in [0.5, 0.6) is 0 Å². The van der Waals surface area contributed by atoms with Crippen molar-refractivity contribution >= 4 is 44.1 Å². The number of halogens is 3. The summed E-state index contributed by atoms with van der Waals surface area (Å²) in [7, 11) is -3.20. The van der Waals surface area contributed by atoms with Gasteiger partial charge in [-0.2, -0.15) is 0 Å². The summed E-state index contributed by atoms with van der Waals surface area (Å²) >= 11 is 7.41. The van der Waals surface area contributed by atoms with E-state index in [0.29, 0.717) is 21.6 Å². The summed E-state index contributed by atoms with van der Waals surface area (Å²) in [5.74, 6) is -0.536. The molecule has 0 aromatic heterocycles. The second-order valence-electron chi connectivity index (χ2n) is 6.47. The summed E-state index contributed by atoms with van der Waals surface area (Å²) in [6.07, 6.45) is 0. The molecular formula is C18H15ClF2N2O2S2. The lowest BCUT2D eigenvalue weighted by atomic mass is 10.1. The maximum atomic E-state index is 14.4. The van der Waals surface area contributed by atoms with Crippen LogP contribution >= 0.6 is 23.4 Å². The Bertz CT molecular complexity index is 1030.